The van der Waals surface area contributed by atoms with Gasteiger partial charge in [-0.2, -0.15) is 5.10 Å². The van der Waals surface area contributed by atoms with Crippen LogP contribution in [0.1, 0.15) is 23.1 Å². The number of benzene rings is 3. The lowest BCUT2D eigenvalue weighted by molar-refractivity contribution is -0.116. The summed E-state index contributed by atoms with van der Waals surface area (Å²) in [4.78, 5) is 17.0. The van der Waals surface area contributed by atoms with E-state index in [0.29, 0.717) is 17.9 Å². The maximum absolute atomic E-state index is 13.5. The standard InChI is InChI=1S/C26H27N5O3S/c1-20-7-11-23(12-8-20)31(35(33,34)24-13-9-21(2)10-14-24)16-15-26(32)29-25-6-4-3-5-22(25)17-30-19-27-18-28-30/h3-14,18-19H,15-17H2,1-2H3,(H,29,32). The molecule has 0 aliphatic heterocycles. The topological polar surface area (TPSA) is 97.2 Å². The van der Waals surface area contributed by atoms with Crippen LogP contribution in [0.2, 0.25) is 0 Å². The molecule has 0 fully saturated rings. The van der Waals surface area contributed by atoms with Gasteiger partial charge in [-0.1, -0.05) is 53.6 Å². The SMILES string of the molecule is Cc1ccc(N(CCC(=O)Nc2ccccc2Cn2cncn2)S(=O)(=O)c2ccc(C)cc2)cc1. The van der Waals surface area contributed by atoms with Crippen LogP contribution in [0, 0.1) is 13.8 Å². The van der Waals surface area contributed by atoms with Gasteiger partial charge in [0.15, 0.2) is 0 Å². The number of rotatable bonds is 9. The van der Waals surface area contributed by atoms with Gasteiger partial charge in [-0.15, -0.1) is 0 Å². The minimum absolute atomic E-state index is 0.00362. The third-order valence-electron chi connectivity index (χ3n) is 5.56. The van der Waals surface area contributed by atoms with Gasteiger partial charge in [0.25, 0.3) is 10.0 Å². The zero-order chi connectivity index (χ0) is 24.8. The zero-order valence-corrected chi connectivity index (χ0v) is 20.4. The molecule has 0 spiro atoms. The van der Waals surface area contributed by atoms with Crippen molar-refractivity contribution >= 4 is 27.3 Å². The number of hydrogen-bond acceptors (Lipinski definition) is 5. The lowest BCUT2D eigenvalue weighted by Crippen LogP contribution is -2.34. The van der Waals surface area contributed by atoms with Crippen LogP contribution in [0.15, 0.2) is 90.3 Å². The third-order valence-corrected chi connectivity index (χ3v) is 7.40. The second-order valence-electron chi connectivity index (χ2n) is 8.27. The van der Waals surface area contributed by atoms with Crippen LogP contribution in [0.4, 0.5) is 11.4 Å². The summed E-state index contributed by atoms with van der Waals surface area (Å²) in [6.07, 6.45) is 3.04. The predicted octanol–water partition coefficient (Wildman–Crippen LogP) is 4.17. The fraction of sp³-hybridized carbons (Fsp3) is 0.192. The Kier molecular flexibility index (Phi) is 7.26. The molecule has 180 valence electrons. The fourth-order valence-electron chi connectivity index (χ4n) is 3.62. The van der Waals surface area contributed by atoms with E-state index in [-0.39, 0.29) is 23.8 Å². The number of sulfonamides is 1. The van der Waals surface area contributed by atoms with Gasteiger partial charge in [-0.25, -0.2) is 18.1 Å². The lowest BCUT2D eigenvalue weighted by Gasteiger charge is -2.25. The van der Waals surface area contributed by atoms with Crippen molar-refractivity contribution in [3.05, 3.63) is 102 Å². The second-order valence-corrected chi connectivity index (χ2v) is 10.1. The Hall–Kier alpha value is -3.98. The van der Waals surface area contributed by atoms with Crippen LogP contribution in [-0.2, 0) is 21.4 Å². The molecule has 3 aromatic carbocycles. The summed E-state index contributed by atoms with van der Waals surface area (Å²) < 4.78 is 30.0. The fourth-order valence-corrected chi connectivity index (χ4v) is 5.09. The first-order valence-corrected chi connectivity index (χ1v) is 12.6. The number of nitrogens with zero attached hydrogens (tertiary/aromatic N) is 4. The molecule has 1 amide bonds. The molecule has 0 aliphatic carbocycles. The number of aromatic nitrogens is 3. The number of anilines is 2. The molecule has 0 saturated heterocycles. The zero-order valence-electron chi connectivity index (χ0n) is 19.6. The van der Waals surface area contributed by atoms with E-state index in [4.69, 9.17) is 0 Å². The lowest BCUT2D eigenvalue weighted by atomic mass is 10.1. The highest BCUT2D eigenvalue weighted by Gasteiger charge is 2.25. The van der Waals surface area contributed by atoms with E-state index < -0.39 is 10.0 Å². The normalized spacial score (nSPS) is 11.3. The monoisotopic (exact) mass is 489 g/mol. The largest absolute Gasteiger partial charge is 0.326 e. The van der Waals surface area contributed by atoms with Gasteiger partial charge in [-0.05, 0) is 49.7 Å². The number of nitrogens with one attached hydrogen (secondary N) is 1. The van der Waals surface area contributed by atoms with Gasteiger partial charge in [0, 0.05) is 18.7 Å². The van der Waals surface area contributed by atoms with Gasteiger partial charge < -0.3 is 5.32 Å². The molecule has 8 nitrogen and oxygen atoms in total. The summed E-state index contributed by atoms with van der Waals surface area (Å²) in [5.74, 6) is -0.285. The summed E-state index contributed by atoms with van der Waals surface area (Å²) in [5.41, 5.74) is 4.01. The molecule has 35 heavy (non-hydrogen) atoms. The second kappa shape index (κ2) is 10.5. The number of hydrogen-bond donors (Lipinski definition) is 1. The Bertz CT molecular complexity index is 1380. The maximum atomic E-state index is 13.5. The summed E-state index contributed by atoms with van der Waals surface area (Å²) in [5, 5.41) is 7.03. The molecule has 1 heterocycles. The highest BCUT2D eigenvalue weighted by atomic mass is 32.2. The van der Waals surface area contributed by atoms with Crippen molar-refractivity contribution in [2.45, 2.75) is 31.7 Å². The number of carbonyl (C=O) groups excluding carboxylic acids is 1. The van der Waals surface area contributed by atoms with Crippen molar-refractivity contribution in [2.75, 3.05) is 16.2 Å². The van der Waals surface area contributed by atoms with Crippen molar-refractivity contribution in [1.82, 2.24) is 14.8 Å². The highest BCUT2D eigenvalue weighted by molar-refractivity contribution is 7.92. The van der Waals surface area contributed by atoms with Gasteiger partial charge >= 0.3 is 0 Å². The highest BCUT2D eigenvalue weighted by Crippen LogP contribution is 2.25. The first-order chi connectivity index (χ1) is 16.8. The van der Waals surface area contributed by atoms with Gasteiger partial charge in [0.05, 0.1) is 17.1 Å². The van der Waals surface area contributed by atoms with Crippen molar-refractivity contribution in [1.29, 1.82) is 0 Å². The summed E-state index contributed by atoms with van der Waals surface area (Å²) in [6, 6.07) is 21.4. The number of carbonyl (C=O) groups is 1. The summed E-state index contributed by atoms with van der Waals surface area (Å²) >= 11 is 0. The molecule has 0 aliphatic rings. The number of para-hydroxylation sites is 1. The quantitative estimate of drug-likeness (QED) is 0.381. The minimum Gasteiger partial charge on any atom is -0.326 e. The van der Waals surface area contributed by atoms with E-state index in [2.05, 4.69) is 15.4 Å². The molecule has 4 rings (SSSR count). The van der Waals surface area contributed by atoms with Gasteiger partial charge in [-0.3, -0.25) is 9.10 Å². The smallest absolute Gasteiger partial charge is 0.264 e. The molecule has 4 aromatic rings. The van der Waals surface area contributed by atoms with E-state index in [0.717, 1.165) is 16.7 Å². The first kappa shape index (κ1) is 24.2. The molecule has 0 bridgehead atoms. The molecule has 0 unspecified atom stereocenters. The Balaban J connectivity index is 1.53. The molecular weight excluding hydrogens is 462 g/mol. The third kappa shape index (κ3) is 5.93. The first-order valence-electron chi connectivity index (χ1n) is 11.2. The van der Waals surface area contributed by atoms with Crippen molar-refractivity contribution < 1.29 is 13.2 Å². The average Bonchev–Trinajstić information content (AvgIpc) is 3.35. The van der Waals surface area contributed by atoms with Crippen LogP contribution in [-0.4, -0.2) is 35.6 Å². The Morgan fingerprint density at radius 2 is 1.60 bits per heavy atom. The summed E-state index contributed by atoms with van der Waals surface area (Å²) in [6.45, 7) is 4.29. The van der Waals surface area contributed by atoms with Crippen LogP contribution in [0.5, 0.6) is 0 Å². The average molecular weight is 490 g/mol. The van der Waals surface area contributed by atoms with Crippen molar-refractivity contribution in [3.63, 3.8) is 0 Å². The van der Waals surface area contributed by atoms with Crippen LogP contribution < -0.4 is 9.62 Å². The molecule has 1 N–H and O–H groups in total. The maximum Gasteiger partial charge on any atom is 0.264 e. The minimum atomic E-state index is -3.86. The van der Waals surface area contributed by atoms with Crippen LogP contribution in [0.3, 0.4) is 0 Å². The van der Waals surface area contributed by atoms with E-state index >= 15 is 0 Å². The predicted molar refractivity (Wildman–Crippen MR) is 136 cm³/mol. The van der Waals surface area contributed by atoms with Crippen molar-refractivity contribution in [2.24, 2.45) is 0 Å². The molecular formula is C26H27N5O3S. The van der Waals surface area contributed by atoms with E-state index in [1.54, 1.807) is 47.4 Å². The molecule has 0 radical (unpaired) electrons. The molecule has 0 atom stereocenters. The number of aryl methyl sites for hydroxylation is 2. The van der Waals surface area contributed by atoms with E-state index in [9.17, 15) is 13.2 Å². The van der Waals surface area contributed by atoms with Crippen LogP contribution >= 0.6 is 0 Å². The van der Waals surface area contributed by atoms with Crippen molar-refractivity contribution in [3.8, 4) is 0 Å². The molecule has 9 heteroatoms. The van der Waals surface area contributed by atoms with Gasteiger partial charge in [0.2, 0.25) is 5.91 Å². The van der Waals surface area contributed by atoms with Crippen LogP contribution in [0.25, 0.3) is 0 Å². The Morgan fingerprint density at radius 3 is 2.26 bits per heavy atom. The molecule has 0 saturated carbocycles. The summed E-state index contributed by atoms with van der Waals surface area (Å²) in [7, 11) is -3.86. The van der Waals surface area contributed by atoms with Gasteiger partial charge in [0.1, 0.15) is 12.7 Å². The van der Waals surface area contributed by atoms with E-state index in [1.807, 2.05) is 50.2 Å². The Morgan fingerprint density at radius 1 is 0.943 bits per heavy atom. The molecule has 1 aromatic heterocycles. The Labute approximate surface area is 205 Å². The van der Waals surface area contributed by atoms with E-state index in [1.165, 1.54) is 10.6 Å². The number of amides is 1.